The number of hydrogen-bond donors (Lipinski definition) is 0. The van der Waals surface area contributed by atoms with Gasteiger partial charge in [-0.25, -0.2) is 4.39 Å². The molecular weight excluding hydrogens is 404 g/mol. The molecule has 6 nitrogen and oxygen atoms in total. The molecule has 0 saturated heterocycles. The second-order valence-corrected chi connectivity index (χ2v) is 6.43. The monoisotopic (exact) mass is 418 g/mol. The maximum absolute atomic E-state index is 13.9. The van der Waals surface area contributed by atoms with Gasteiger partial charge in [0.25, 0.3) is 5.89 Å². The van der Waals surface area contributed by atoms with Gasteiger partial charge in [-0.3, -0.25) is 4.68 Å². The first-order valence-corrected chi connectivity index (χ1v) is 8.76. The summed E-state index contributed by atoms with van der Waals surface area (Å²) in [5.74, 6) is -2.02. The van der Waals surface area contributed by atoms with E-state index < -0.39 is 17.9 Å². The number of rotatable bonds is 5. The third-order valence-electron chi connectivity index (χ3n) is 4.22. The fraction of sp³-hybridized carbons (Fsp3) is 0.150. The summed E-state index contributed by atoms with van der Waals surface area (Å²) in [5.41, 5.74) is 2.50. The molecule has 4 rings (SSSR count). The van der Waals surface area contributed by atoms with Crippen LogP contribution in [0.25, 0.3) is 23.0 Å². The highest BCUT2D eigenvalue weighted by Gasteiger charge is 2.32. The fourth-order valence-corrected chi connectivity index (χ4v) is 2.82. The number of halogens is 4. The second kappa shape index (κ2) is 7.62. The molecule has 2 aromatic carbocycles. The third kappa shape index (κ3) is 4.32. The molecule has 2 heterocycles. The predicted octanol–water partition coefficient (Wildman–Crippen LogP) is 4.99. The van der Waals surface area contributed by atoms with Crippen LogP contribution in [-0.2, 0) is 6.54 Å². The van der Waals surface area contributed by atoms with Crippen LogP contribution in [0, 0.1) is 12.7 Å². The van der Waals surface area contributed by atoms with Crippen molar-refractivity contribution in [3.8, 4) is 28.7 Å². The molecule has 4 aromatic rings. The Balaban J connectivity index is 1.56. The van der Waals surface area contributed by atoms with E-state index in [0.29, 0.717) is 12.2 Å². The summed E-state index contributed by atoms with van der Waals surface area (Å²) >= 11 is 0. The Labute approximate surface area is 167 Å². The number of ether oxygens (including phenoxy) is 1. The van der Waals surface area contributed by atoms with E-state index in [4.69, 9.17) is 4.52 Å². The van der Waals surface area contributed by atoms with Crippen molar-refractivity contribution < 1.29 is 26.8 Å². The Morgan fingerprint density at radius 3 is 2.53 bits per heavy atom. The van der Waals surface area contributed by atoms with E-state index in [1.165, 1.54) is 6.07 Å². The van der Waals surface area contributed by atoms with E-state index in [1.54, 1.807) is 10.7 Å². The Morgan fingerprint density at radius 2 is 1.83 bits per heavy atom. The second-order valence-electron chi connectivity index (χ2n) is 6.43. The molecule has 0 atom stereocenters. The number of nitrogens with zero attached hydrogens (tertiary/aromatic N) is 4. The summed E-state index contributed by atoms with van der Waals surface area (Å²) in [6.45, 7) is 2.44. The predicted molar refractivity (Wildman–Crippen MR) is 97.9 cm³/mol. The summed E-state index contributed by atoms with van der Waals surface area (Å²) in [5, 5.41) is 8.22. The third-order valence-corrected chi connectivity index (χ3v) is 4.22. The van der Waals surface area contributed by atoms with Crippen molar-refractivity contribution in [2.45, 2.75) is 19.8 Å². The van der Waals surface area contributed by atoms with Crippen LogP contribution in [0.1, 0.15) is 11.3 Å². The SMILES string of the molecule is Cc1cc(-c2nc(-c3ccc(OC(F)(F)F)c(F)c3)no2)nn1Cc1ccccc1. The van der Waals surface area contributed by atoms with Crippen LogP contribution in [0.2, 0.25) is 0 Å². The molecule has 0 saturated carbocycles. The Kier molecular flexibility index (Phi) is 4.98. The normalized spacial score (nSPS) is 11.6. The van der Waals surface area contributed by atoms with Gasteiger partial charge in [0, 0.05) is 11.3 Å². The van der Waals surface area contributed by atoms with E-state index in [9.17, 15) is 17.6 Å². The first-order valence-electron chi connectivity index (χ1n) is 8.76. The largest absolute Gasteiger partial charge is 0.573 e. The molecule has 30 heavy (non-hydrogen) atoms. The summed E-state index contributed by atoms with van der Waals surface area (Å²) < 4.78 is 61.3. The van der Waals surface area contributed by atoms with Gasteiger partial charge in [-0.1, -0.05) is 35.5 Å². The van der Waals surface area contributed by atoms with Crippen molar-refractivity contribution in [1.29, 1.82) is 0 Å². The van der Waals surface area contributed by atoms with Crippen LogP contribution in [0.3, 0.4) is 0 Å². The van der Waals surface area contributed by atoms with Crippen LogP contribution >= 0.6 is 0 Å². The van der Waals surface area contributed by atoms with Crippen molar-refractivity contribution in [3.05, 3.63) is 71.7 Å². The molecule has 0 aliphatic carbocycles. The van der Waals surface area contributed by atoms with E-state index in [0.717, 1.165) is 23.4 Å². The Bertz CT molecular complexity index is 1170. The smallest absolute Gasteiger partial charge is 0.403 e. The van der Waals surface area contributed by atoms with Gasteiger partial charge in [0.05, 0.1) is 6.54 Å². The first-order chi connectivity index (χ1) is 14.3. The van der Waals surface area contributed by atoms with Gasteiger partial charge in [0.15, 0.2) is 17.3 Å². The van der Waals surface area contributed by atoms with Gasteiger partial charge in [0.1, 0.15) is 0 Å². The molecule has 0 spiro atoms. The van der Waals surface area contributed by atoms with Crippen molar-refractivity contribution >= 4 is 0 Å². The highest BCUT2D eigenvalue weighted by Crippen LogP contribution is 2.29. The standard InChI is InChI=1S/C20H14F4N4O2/c1-12-9-16(26-28(12)11-13-5-3-2-4-6-13)19-25-18(27-30-19)14-7-8-17(15(21)10-14)29-20(22,23)24/h2-10H,11H2,1H3. The number of aryl methyl sites for hydroxylation is 1. The van der Waals surface area contributed by atoms with Crippen molar-refractivity contribution in [2.24, 2.45) is 0 Å². The average Bonchev–Trinajstić information content (AvgIpc) is 3.31. The van der Waals surface area contributed by atoms with Gasteiger partial charge in [-0.15, -0.1) is 13.2 Å². The van der Waals surface area contributed by atoms with E-state index in [-0.39, 0.29) is 17.3 Å². The van der Waals surface area contributed by atoms with Gasteiger partial charge in [-0.05, 0) is 36.8 Å². The molecule has 154 valence electrons. The van der Waals surface area contributed by atoms with E-state index in [1.807, 2.05) is 37.3 Å². The lowest BCUT2D eigenvalue weighted by molar-refractivity contribution is -0.275. The summed E-state index contributed by atoms with van der Waals surface area (Å²) in [4.78, 5) is 4.17. The van der Waals surface area contributed by atoms with Crippen molar-refractivity contribution in [3.63, 3.8) is 0 Å². The molecule has 0 fully saturated rings. The molecule has 0 N–H and O–H groups in total. The topological polar surface area (TPSA) is 66.0 Å². The van der Waals surface area contributed by atoms with Crippen molar-refractivity contribution in [1.82, 2.24) is 19.9 Å². The van der Waals surface area contributed by atoms with Gasteiger partial charge in [0.2, 0.25) is 5.82 Å². The van der Waals surface area contributed by atoms with Gasteiger partial charge in [-0.2, -0.15) is 10.1 Å². The molecular formula is C20H14F4N4O2. The minimum absolute atomic E-state index is 0.0118. The molecule has 0 aliphatic rings. The van der Waals surface area contributed by atoms with Gasteiger partial charge >= 0.3 is 6.36 Å². The number of aromatic nitrogens is 4. The van der Waals surface area contributed by atoms with Crippen LogP contribution in [-0.4, -0.2) is 26.3 Å². The highest BCUT2D eigenvalue weighted by atomic mass is 19.4. The van der Waals surface area contributed by atoms with Crippen LogP contribution in [0.5, 0.6) is 5.75 Å². The lowest BCUT2D eigenvalue weighted by Gasteiger charge is -2.09. The zero-order valence-electron chi connectivity index (χ0n) is 15.5. The highest BCUT2D eigenvalue weighted by molar-refractivity contribution is 5.59. The Hall–Kier alpha value is -3.69. The molecule has 10 heteroatoms. The Morgan fingerprint density at radius 1 is 1.07 bits per heavy atom. The maximum Gasteiger partial charge on any atom is 0.573 e. The van der Waals surface area contributed by atoms with Gasteiger partial charge < -0.3 is 9.26 Å². The maximum atomic E-state index is 13.9. The quantitative estimate of drug-likeness (QED) is 0.427. The number of benzene rings is 2. The number of alkyl halides is 3. The van der Waals surface area contributed by atoms with E-state index in [2.05, 4.69) is 20.0 Å². The van der Waals surface area contributed by atoms with Crippen LogP contribution in [0.15, 0.2) is 59.1 Å². The van der Waals surface area contributed by atoms with Crippen molar-refractivity contribution in [2.75, 3.05) is 0 Å². The molecule has 0 aliphatic heterocycles. The van der Waals surface area contributed by atoms with Crippen LogP contribution in [0.4, 0.5) is 17.6 Å². The minimum atomic E-state index is -4.99. The molecule has 0 unspecified atom stereocenters. The molecule has 0 amide bonds. The zero-order chi connectivity index (χ0) is 21.3. The first kappa shape index (κ1) is 19.6. The fourth-order valence-electron chi connectivity index (χ4n) is 2.82. The lowest BCUT2D eigenvalue weighted by Crippen LogP contribution is -2.17. The van der Waals surface area contributed by atoms with E-state index >= 15 is 0 Å². The number of hydrogen-bond acceptors (Lipinski definition) is 5. The average molecular weight is 418 g/mol. The lowest BCUT2D eigenvalue weighted by atomic mass is 10.2. The van der Waals surface area contributed by atoms with Crippen LogP contribution < -0.4 is 4.74 Å². The molecule has 0 bridgehead atoms. The summed E-state index contributed by atoms with van der Waals surface area (Å²) in [6.07, 6.45) is -4.99. The molecule has 2 aromatic heterocycles. The summed E-state index contributed by atoms with van der Waals surface area (Å²) in [7, 11) is 0. The molecule has 0 radical (unpaired) electrons. The summed E-state index contributed by atoms with van der Waals surface area (Å²) in [6, 6.07) is 14.4. The minimum Gasteiger partial charge on any atom is -0.403 e. The zero-order valence-corrected chi connectivity index (χ0v) is 15.5.